The third-order valence-electron chi connectivity index (χ3n) is 3.24. The summed E-state index contributed by atoms with van der Waals surface area (Å²) in [5, 5.41) is 0. The van der Waals surface area contributed by atoms with Crippen molar-refractivity contribution in [3.05, 3.63) is 41.5 Å². The van der Waals surface area contributed by atoms with Gasteiger partial charge in [-0.2, -0.15) is 4.31 Å². The van der Waals surface area contributed by atoms with E-state index in [0.717, 1.165) is 11.1 Å². The van der Waals surface area contributed by atoms with Crippen LogP contribution in [-0.2, 0) is 10.0 Å². The van der Waals surface area contributed by atoms with Gasteiger partial charge in [0.05, 0.1) is 4.90 Å². The van der Waals surface area contributed by atoms with Gasteiger partial charge in [-0.05, 0) is 39.8 Å². The zero-order valence-electron chi connectivity index (χ0n) is 11.3. The van der Waals surface area contributed by atoms with Gasteiger partial charge < -0.3 is 0 Å². The SMILES string of the molecule is CC1=CC(C)(C)N(S(=O)(=O)c2ccc(C)cc2)C1. The maximum Gasteiger partial charge on any atom is 0.244 e. The molecule has 0 spiro atoms. The third-order valence-corrected chi connectivity index (χ3v) is 5.29. The van der Waals surface area contributed by atoms with Gasteiger partial charge in [-0.15, -0.1) is 0 Å². The molecule has 1 aromatic rings. The van der Waals surface area contributed by atoms with E-state index in [1.807, 2.05) is 45.9 Å². The van der Waals surface area contributed by atoms with E-state index in [-0.39, 0.29) is 0 Å². The molecule has 0 bridgehead atoms. The minimum Gasteiger partial charge on any atom is -0.207 e. The summed E-state index contributed by atoms with van der Waals surface area (Å²) in [4.78, 5) is 0.365. The van der Waals surface area contributed by atoms with Gasteiger partial charge in [0.25, 0.3) is 0 Å². The molecule has 0 saturated carbocycles. The van der Waals surface area contributed by atoms with Crippen molar-refractivity contribution in [2.24, 2.45) is 0 Å². The van der Waals surface area contributed by atoms with E-state index in [4.69, 9.17) is 0 Å². The number of benzene rings is 1. The molecule has 0 atom stereocenters. The second kappa shape index (κ2) is 4.21. The maximum atomic E-state index is 12.6. The first kappa shape index (κ1) is 13.3. The van der Waals surface area contributed by atoms with Crippen LogP contribution in [0.25, 0.3) is 0 Å². The summed E-state index contributed by atoms with van der Waals surface area (Å²) in [5.74, 6) is 0. The third kappa shape index (κ3) is 2.22. The van der Waals surface area contributed by atoms with Gasteiger partial charge in [-0.3, -0.25) is 0 Å². The highest BCUT2D eigenvalue weighted by Crippen LogP contribution is 2.32. The fraction of sp³-hybridized carbons (Fsp3) is 0.429. The Labute approximate surface area is 109 Å². The molecule has 0 N–H and O–H groups in total. The molecule has 0 fully saturated rings. The molecule has 18 heavy (non-hydrogen) atoms. The minimum atomic E-state index is -3.41. The van der Waals surface area contributed by atoms with Gasteiger partial charge in [0.15, 0.2) is 0 Å². The quantitative estimate of drug-likeness (QED) is 0.771. The molecule has 3 nitrogen and oxygen atoms in total. The fourth-order valence-electron chi connectivity index (χ4n) is 2.38. The lowest BCUT2D eigenvalue weighted by molar-refractivity contribution is 0.324. The Bertz CT molecular complexity index is 583. The van der Waals surface area contributed by atoms with Gasteiger partial charge in [-0.1, -0.05) is 29.3 Å². The number of nitrogens with zero attached hydrogens (tertiary/aromatic N) is 1. The maximum absolute atomic E-state index is 12.6. The lowest BCUT2D eigenvalue weighted by atomic mass is 10.1. The first-order valence-corrected chi connectivity index (χ1v) is 7.45. The van der Waals surface area contributed by atoms with Crippen LogP contribution in [0.3, 0.4) is 0 Å². The first-order chi connectivity index (χ1) is 8.23. The van der Waals surface area contributed by atoms with Gasteiger partial charge in [0, 0.05) is 12.1 Å². The zero-order valence-corrected chi connectivity index (χ0v) is 12.1. The van der Waals surface area contributed by atoms with E-state index in [1.165, 1.54) is 0 Å². The van der Waals surface area contributed by atoms with Crippen LogP contribution in [0.1, 0.15) is 26.3 Å². The highest BCUT2D eigenvalue weighted by atomic mass is 32.2. The molecular weight excluding hydrogens is 246 g/mol. The predicted octanol–water partition coefficient (Wildman–Crippen LogP) is 2.72. The van der Waals surface area contributed by atoms with Crippen molar-refractivity contribution >= 4 is 10.0 Å². The average molecular weight is 265 g/mol. The van der Waals surface area contributed by atoms with Crippen molar-refractivity contribution in [1.82, 2.24) is 4.31 Å². The summed E-state index contributed by atoms with van der Waals surface area (Å²) in [6, 6.07) is 7.01. The van der Waals surface area contributed by atoms with E-state index < -0.39 is 15.6 Å². The first-order valence-electron chi connectivity index (χ1n) is 6.01. The molecule has 1 aromatic carbocycles. The van der Waals surface area contributed by atoms with Crippen molar-refractivity contribution in [2.75, 3.05) is 6.54 Å². The van der Waals surface area contributed by atoms with Crippen LogP contribution in [0, 0.1) is 6.92 Å². The summed E-state index contributed by atoms with van der Waals surface area (Å²) in [6.45, 7) is 8.24. The normalized spacial score (nSPS) is 19.9. The van der Waals surface area contributed by atoms with Crippen LogP contribution in [0.4, 0.5) is 0 Å². The molecule has 1 aliphatic rings. The summed E-state index contributed by atoms with van der Waals surface area (Å²) in [6.07, 6.45) is 2.01. The number of hydrogen-bond donors (Lipinski definition) is 0. The average Bonchev–Trinajstić information content (AvgIpc) is 2.53. The molecule has 1 heterocycles. The zero-order chi connectivity index (χ0) is 13.6. The predicted molar refractivity (Wildman–Crippen MR) is 72.9 cm³/mol. The molecule has 0 amide bonds. The topological polar surface area (TPSA) is 37.4 Å². The summed E-state index contributed by atoms with van der Waals surface area (Å²) in [5.41, 5.74) is 1.70. The summed E-state index contributed by atoms with van der Waals surface area (Å²) in [7, 11) is -3.41. The Morgan fingerprint density at radius 1 is 1.11 bits per heavy atom. The molecule has 0 aromatic heterocycles. The van der Waals surface area contributed by atoms with Gasteiger partial charge in [0.1, 0.15) is 0 Å². The second-order valence-corrected chi connectivity index (χ2v) is 7.33. The molecule has 0 saturated heterocycles. The van der Waals surface area contributed by atoms with Crippen molar-refractivity contribution in [3.8, 4) is 0 Å². The Hall–Kier alpha value is -1.13. The molecule has 1 aliphatic heterocycles. The van der Waals surface area contributed by atoms with E-state index in [1.54, 1.807) is 16.4 Å². The smallest absolute Gasteiger partial charge is 0.207 e. The van der Waals surface area contributed by atoms with Gasteiger partial charge >= 0.3 is 0 Å². The molecule has 0 radical (unpaired) electrons. The van der Waals surface area contributed by atoms with Crippen LogP contribution in [0.5, 0.6) is 0 Å². The van der Waals surface area contributed by atoms with Gasteiger partial charge in [0.2, 0.25) is 10.0 Å². The molecular formula is C14H19NO2S. The van der Waals surface area contributed by atoms with E-state index in [9.17, 15) is 8.42 Å². The monoisotopic (exact) mass is 265 g/mol. The van der Waals surface area contributed by atoms with Crippen LogP contribution < -0.4 is 0 Å². The Morgan fingerprint density at radius 2 is 1.67 bits per heavy atom. The van der Waals surface area contributed by atoms with E-state index in [2.05, 4.69) is 0 Å². The number of rotatable bonds is 2. The highest BCUT2D eigenvalue weighted by molar-refractivity contribution is 7.89. The number of hydrogen-bond acceptors (Lipinski definition) is 2. The van der Waals surface area contributed by atoms with Crippen molar-refractivity contribution in [1.29, 1.82) is 0 Å². The highest BCUT2D eigenvalue weighted by Gasteiger charge is 2.39. The number of aryl methyl sites for hydroxylation is 1. The molecule has 0 unspecified atom stereocenters. The van der Waals surface area contributed by atoms with Crippen molar-refractivity contribution in [2.45, 2.75) is 38.1 Å². The van der Waals surface area contributed by atoms with Crippen LogP contribution in [0.2, 0.25) is 0 Å². The molecule has 0 aliphatic carbocycles. The van der Waals surface area contributed by atoms with Crippen molar-refractivity contribution < 1.29 is 8.42 Å². The van der Waals surface area contributed by atoms with E-state index in [0.29, 0.717) is 11.4 Å². The lowest BCUT2D eigenvalue weighted by Crippen LogP contribution is -2.43. The Morgan fingerprint density at radius 3 is 2.11 bits per heavy atom. The van der Waals surface area contributed by atoms with Crippen LogP contribution >= 0.6 is 0 Å². The molecule has 4 heteroatoms. The molecule has 2 rings (SSSR count). The Kier molecular flexibility index (Phi) is 3.11. The standard InChI is InChI=1S/C14H19NO2S/c1-11-5-7-13(8-6-11)18(16,17)15-10-12(2)9-14(15,3)4/h5-9H,10H2,1-4H3. The largest absolute Gasteiger partial charge is 0.244 e. The Balaban J connectivity index is 2.42. The van der Waals surface area contributed by atoms with E-state index >= 15 is 0 Å². The summed E-state index contributed by atoms with van der Waals surface area (Å²) >= 11 is 0. The second-order valence-electron chi connectivity index (χ2n) is 5.47. The van der Waals surface area contributed by atoms with Crippen LogP contribution in [-0.4, -0.2) is 24.8 Å². The lowest BCUT2D eigenvalue weighted by Gasteiger charge is -2.30. The van der Waals surface area contributed by atoms with Gasteiger partial charge in [-0.25, -0.2) is 8.42 Å². The molecule has 98 valence electrons. The minimum absolute atomic E-state index is 0.365. The number of sulfonamides is 1. The van der Waals surface area contributed by atoms with Crippen molar-refractivity contribution in [3.63, 3.8) is 0 Å². The summed E-state index contributed by atoms with van der Waals surface area (Å²) < 4.78 is 26.8. The fourth-order valence-corrected chi connectivity index (χ4v) is 4.16. The van der Waals surface area contributed by atoms with Crippen LogP contribution in [0.15, 0.2) is 40.8 Å².